The van der Waals surface area contributed by atoms with Crippen LogP contribution in [-0.4, -0.2) is 26.4 Å². The van der Waals surface area contributed by atoms with Crippen LogP contribution in [0.1, 0.15) is 27.2 Å². The Bertz CT molecular complexity index is 495. The van der Waals surface area contributed by atoms with Crippen LogP contribution in [0.5, 0.6) is 0 Å². The van der Waals surface area contributed by atoms with Gasteiger partial charge in [0.05, 0.1) is 13.0 Å². The smallest absolute Gasteiger partial charge is 0.306 e. The number of ether oxygens (including phenoxy) is 1. The first-order chi connectivity index (χ1) is 10.4. The molecule has 2 nitrogen and oxygen atoms in total. The quantitative estimate of drug-likeness (QED) is 0.521. The van der Waals surface area contributed by atoms with E-state index in [1.807, 2.05) is 18.7 Å². The van der Waals surface area contributed by atoms with Crippen LogP contribution in [0.3, 0.4) is 0 Å². The Morgan fingerprint density at radius 3 is 2.45 bits per heavy atom. The van der Waals surface area contributed by atoms with E-state index in [-0.39, 0.29) is 5.97 Å². The van der Waals surface area contributed by atoms with Crippen molar-refractivity contribution >= 4 is 31.0 Å². The summed E-state index contributed by atoms with van der Waals surface area (Å²) in [5.74, 6) is 1.21. The summed E-state index contributed by atoms with van der Waals surface area (Å²) in [5.41, 5.74) is 0. The Labute approximate surface area is 140 Å². The Kier molecular flexibility index (Phi) is 7.97. The second kappa shape index (κ2) is 9.21. The van der Waals surface area contributed by atoms with Gasteiger partial charge >= 0.3 is 5.97 Å². The Balaban J connectivity index is 2.83. The van der Waals surface area contributed by atoms with Crippen molar-refractivity contribution in [1.82, 2.24) is 0 Å². The van der Waals surface area contributed by atoms with E-state index in [0.29, 0.717) is 18.9 Å². The Morgan fingerprint density at radius 2 is 1.91 bits per heavy atom. The number of thioether (sulfide) groups is 1. The van der Waals surface area contributed by atoms with E-state index in [4.69, 9.17) is 4.74 Å². The lowest BCUT2D eigenvalue weighted by atomic mass is 10.2. The predicted molar refractivity (Wildman–Crippen MR) is 100 cm³/mol. The molecule has 0 aliphatic carbocycles. The molecule has 1 aromatic rings. The third-order valence-corrected chi connectivity index (χ3v) is 9.46. The van der Waals surface area contributed by atoms with Gasteiger partial charge in [-0.05, 0) is 17.4 Å². The lowest BCUT2D eigenvalue weighted by molar-refractivity contribution is -0.142. The molecule has 0 aliphatic heterocycles. The first-order valence-electron chi connectivity index (χ1n) is 7.94. The van der Waals surface area contributed by atoms with Crippen LogP contribution in [0.2, 0.25) is 13.1 Å². The van der Waals surface area contributed by atoms with Gasteiger partial charge in [0.25, 0.3) is 0 Å². The minimum Gasteiger partial charge on any atom is -0.466 e. The van der Waals surface area contributed by atoms with Gasteiger partial charge in [-0.15, -0.1) is 11.8 Å². The van der Waals surface area contributed by atoms with Gasteiger partial charge in [-0.25, -0.2) is 0 Å². The normalized spacial score (nSPS) is 12.5. The monoisotopic (exact) mass is 336 g/mol. The fourth-order valence-electron chi connectivity index (χ4n) is 2.21. The summed E-state index contributed by atoms with van der Waals surface area (Å²) >= 11 is 1.83. The fraction of sp³-hybridized carbons (Fsp3) is 0.500. The molecule has 0 spiro atoms. The number of allylic oxidation sites excluding steroid dienone is 1. The number of rotatable bonds is 8. The van der Waals surface area contributed by atoms with Crippen molar-refractivity contribution in [1.29, 1.82) is 0 Å². The largest absolute Gasteiger partial charge is 0.466 e. The van der Waals surface area contributed by atoms with Crippen LogP contribution < -0.4 is 5.19 Å². The molecule has 0 atom stereocenters. The molecule has 0 saturated heterocycles. The molecule has 0 aromatic heterocycles. The zero-order chi connectivity index (χ0) is 16.6. The topological polar surface area (TPSA) is 26.3 Å². The molecule has 0 unspecified atom stereocenters. The molecule has 1 rings (SSSR count). The maximum Gasteiger partial charge on any atom is 0.306 e. The van der Waals surface area contributed by atoms with Crippen LogP contribution in [0.25, 0.3) is 0 Å². The number of hydrogen-bond acceptors (Lipinski definition) is 3. The molecular formula is C18H28O2SSi. The van der Waals surface area contributed by atoms with Gasteiger partial charge in [-0.2, -0.15) is 0 Å². The maximum absolute atomic E-state index is 11.5. The molecule has 0 radical (unpaired) electrons. The lowest BCUT2D eigenvalue weighted by Crippen LogP contribution is -2.43. The van der Waals surface area contributed by atoms with E-state index in [0.717, 1.165) is 5.75 Å². The maximum atomic E-state index is 11.5. The standard InChI is InChI=1S/C18H28O2SSi/c1-6-20-17(19)12-13-21-18(14-15(2)3)22(4,5)16-10-8-7-9-11-16/h7-11,14-15H,6,12-13H2,1-5H3/b18-14+. The number of esters is 1. The van der Waals surface area contributed by atoms with E-state index in [1.54, 1.807) is 0 Å². The SMILES string of the molecule is CCOC(=O)CCS/C(=C\C(C)C)[Si](C)(C)c1ccccc1. The van der Waals surface area contributed by atoms with Crippen molar-refractivity contribution in [3.05, 3.63) is 40.9 Å². The van der Waals surface area contributed by atoms with Gasteiger partial charge < -0.3 is 4.74 Å². The Hall–Kier alpha value is -1.00. The first kappa shape index (κ1) is 19.0. The van der Waals surface area contributed by atoms with Crippen LogP contribution in [0.15, 0.2) is 40.9 Å². The van der Waals surface area contributed by atoms with Crippen molar-refractivity contribution in [2.75, 3.05) is 12.4 Å². The minimum atomic E-state index is -1.69. The second-order valence-corrected chi connectivity index (χ2v) is 12.0. The molecule has 0 heterocycles. The van der Waals surface area contributed by atoms with Crippen LogP contribution in [0, 0.1) is 5.92 Å². The number of benzene rings is 1. The number of carbonyl (C=O) groups is 1. The van der Waals surface area contributed by atoms with Gasteiger partial charge in [-0.3, -0.25) is 4.79 Å². The molecule has 0 amide bonds. The predicted octanol–water partition coefficient (Wildman–Crippen LogP) is 4.37. The number of hydrogen-bond donors (Lipinski definition) is 0. The van der Waals surface area contributed by atoms with Crippen LogP contribution in [0.4, 0.5) is 0 Å². The summed E-state index contributed by atoms with van der Waals surface area (Å²) in [6.45, 7) is 11.5. The lowest BCUT2D eigenvalue weighted by Gasteiger charge is -2.27. The fourth-order valence-corrected chi connectivity index (χ4v) is 7.23. The van der Waals surface area contributed by atoms with E-state index >= 15 is 0 Å². The molecule has 0 bridgehead atoms. The van der Waals surface area contributed by atoms with Crippen LogP contribution >= 0.6 is 11.8 Å². The molecular weight excluding hydrogens is 308 g/mol. The van der Waals surface area contributed by atoms with E-state index < -0.39 is 8.07 Å². The van der Waals surface area contributed by atoms with Crippen molar-refractivity contribution in [3.8, 4) is 0 Å². The van der Waals surface area contributed by atoms with E-state index in [9.17, 15) is 4.79 Å². The highest BCUT2D eigenvalue weighted by Gasteiger charge is 2.28. The minimum absolute atomic E-state index is 0.0990. The average molecular weight is 337 g/mol. The van der Waals surface area contributed by atoms with Crippen molar-refractivity contribution < 1.29 is 9.53 Å². The van der Waals surface area contributed by atoms with E-state index in [1.165, 1.54) is 9.72 Å². The molecule has 122 valence electrons. The zero-order valence-electron chi connectivity index (χ0n) is 14.4. The van der Waals surface area contributed by atoms with Gasteiger partial charge in [0.2, 0.25) is 0 Å². The van der Waals surface area contributed by atoms with Gasteiger partial charge in [0.15, 0.2) is 0 Å². The molecule has 4 heteroatoms. The summed E-state index contributed by atoms with van der Waals surface area (Å²) < 4.78 is 6.47. The third-order valence-electron chi connectivity index (χ3n) is 3.47. The van der Waals surface area contributed by atoms with Gasteiger partial charge in [0, 0.05) is 5.75 Å². The molecule has 22 heavy (non-hydrogen) atoms. The highest BCUT2D eigenvalue weighted by atomic mass is 32.2. The van der Waals surface area contributed by atoms with Crippen LogP contribution in [-0.2, 0) is 9.53 Å². The molecule has 0 N–H and O–H groups in total. The Morgan fingerprint density at radius 1 is 1.27 bits per heavy atom. The average Bonchev–Trinajstić information content (AvgIpc) is 2.47. The third kappa shape index (κ3) is 6.01. The van der Waals surface area contributed by atoms with Gasteiger partial charge in [-0.1, -0.05) is 68.5 Å². The number of carbonyl (C=O) groups excluding carboxylic acids is 1. The summed E-state index contributed by atoms with van der Waals surface area (Å²) in [6, 6.07) is 10.7. The first-order valence-corrected chi connectivity index (χ1v) is 11.9. The van der Waals surface area contributed by atoms with Crippen molar-refractivity contribution in [2.45, 2.75) is 40.3 Å². The summed E-state index contributed by atoms with van der Waals surface area (Å²) in [5, 5.41) is 1.44. The van der Waals surface area contributed by atoms with Crippen molar-refractivity contribution in [2.24, 2.45) is 5.92 Å². The van der Waals surface area contributed by atoms with E-state index in [2.05, 4.69) is 63.3 Å². The second-order valence-electron chi connectivity index (χ2n) is 6.17. The zero-order valence-corrected chi connectivity index (χ0v) is 16.2. The molecule has 0 saturated carbocycles. The summed E-state index contributed by atoms with van der Waals surface area (Å²) in [4.78, 5) is 11.5. The molecule has 0 fully saturated rings. The molecule has 0 aliphatic rings. The highest BCUT2D eigenvalue weighted by Crippen LogP contribution is 2.29. The molecule has 1 aromatic carbocycles. The highest BCUT2D eigenvalue weighted by molar-refractivity contribution is 8.05. The summed E-state index contributed by atoms with van der Waals surface area (Å²) in [6.07, 6.45) is 2.85. The van der Waals surface area contributed by atoms with Crippen molar-refractivity contribution in [3.63, 3.8) is 0 Å². The summed E-state index contributed by atoms with van der Waals surface area (Å²) in [7, 11) is -1.69. The van der Waals surface area contributed by atoms with Gasteiger partial charge in [0.1, 0.15) is 8.07 Å².